The SMILES string of the molecule is COc1ccc(C(=O)Nc2ccc(SC(C)C(=O)Nc3ccc([N+](=O)[O-])cc3)cc2)cc1. The van der Waals surface area contributed by atoms with E-state index in [2.05, 4.69) is 10.6 Å². The Labute approximate surface area is 189 Å². The molecule has 0 spiro atoms. The molecule has 2 amide bonds. The van der Waals surface area contributed by atoms with Gasteiger partial charge in [0.05, 0.1) is 17.3 Å². The maximum absolute atomic E-state index is 12.4. The van der Waals surface area contributed by atoms with Crippen LogP contribution < -0.4 is 15.4 Å². The van der Waals surface area contributed by atoms with Crippen LogP contribution in [-0.4, -0.2) is 29.1 Å². The molecule has 2 N–H and O–H groups in total. The Kier molecular flexibility index (Phi) is 7.45. The molecule has 0 aliphatic carbocycles. The molecule has 0 aliphatic heterocycles. The van der Waals surface area contributed by atoms with E-state index in [0.717, 1.165) is 4.90 Å². The van der Waals surface area contributed by atoms with Gasteiger partial charge in [-0.2, -0.15) is 0 Å². The van der Waals surface area contributed by atoms with Crippen LogP contribution in [0.15, 0.2) is 77.7 Å². The van der Waals surface area contributed by atoms with Crippen LogP contribution >= 0.6 is 11.8 Å². The van der Waals surface area contributed by atoms with Crippen molar-refractivity contribution in [3.05, 3.63) is 88.5 Å². The average molecular weight is 452 g/mol. The molecule has 0 aliphatic rings. The average Bonchev–Trinajstić information content (AvgIpc) is 2.80. The molecule has 3 aromatic rings. The molecule has 0 saturated heterocycles. The number of hydrogen-bond donors (Lipinski definition) is 2. The Morgan fingerprint density at radius 2 is 1.47 bits per heavy atom. The maximum Gasteiger partial charge on any atom is 0.269 e. The van der Waals surface area contributed by atoms with Crippen molar-refractivity contribution in [1.29, 1.82) is 0 Å². The fourth-order valence-electron chi connectivity index (χ4n) is 2.73. The second-order valence-electron chi connectivity index (χ2n) is 6.76. The number of non-ortho nitro benzene ring substituents is 1. The van der Waals surface area contributed by atoms with E-state index >= 15 is 0 Å². The Morgan fingerprint density at radius 1 is 0.906 bits per heavy atom. The minimum Gasteiger partial charge on any atom is -0.497 e. The summed E-state index contributed by atoms with van der Waals surface area (Å²) in [7, 11) is 1.56. The Bertz CT molecular complexity index is 1100. The van der Waals surface area contributed by atoms with Gasteiger partial charge >= 0.3 is 0 Å². The minimum absolute atomic E-state index is 0.0374. The Morgan fingerprint density at radius 3 is 2.03 bits per heavy atom. The van der Waals surface area contributed by atoms with E-state index < -0.39 is 10.2 Å². The number of carbonyl (C=O) groups is 2. The van der Waals surface area contributed by atoms with Gasteiger partial charge in [-0.15, -0.1) is 11.8 Å². The number of rotatable bonds is 8. The third kappa shape index (κ3) is 6.08. The fourth-order valence-corrected chi connectivity index (χ4v) is 3.60. The Hall–Kier alpha value is -3.85. The standard InChI is InChI=1S/C23H21N3O5S/c1-15(22(27)24-17-5-9-19(10-6-17)26(29)30)32-21-13-7-18(8-14-21)25-23(28)16-3-11-20(31-2)12-4-16/h3-15H,1-2H3,(H,24,27)(H,25,28). The van der Waals surface area contributed by atoms with Gasteiger partial charge in [0.15, 0.2) is 0 Å². The summed E-state index contributed by atoms with van der Waals surface area (Å²) in [6.45, 7) is 1.77. The number of nitrogens with one attached hydrogen (secondary N) is 2. The van der Waals surface area contributed by atoms with Crippen LogP contribution in [0.2, 0.25) is 0 Å². The van der Waals surface area contributed by atoms with E-state index in [1.54, 1.807) is 50.4 Å². The van der Waals surface area contributed by atoms with E-state index in [0.29, 0.717) is 22.7 Å². The molecule has 3 rings (SSSR count). The van der Waals surface area contributed by atoms with Crippen LogP contribution in [0.4, 0.5) is 17.1 Å². The van der Waals surface area contributed by atoms with Gasteiger partial charge in [-0.25, -0.2) is 0 Å². The first-order valence-electron chi connectivity index (χ1n) is 9.63. The lowest BCUT2D eigenvalue weighted by Crippen LogP contribution is -2.22. The fraction of sp³-hybridized carbons (Fsp3) is 0.130. The van der Waals surface area contributed by atoms with Crippen molar-refractivity contribution in [2.45, 2.75) is 17.1 Å². The summed E-state index contributed by atoms with van der Waals surface area (Å²) in [6.07, 6.45) is 0. The smallest absolute Gasteiger partial charge is 0.269 e. The normalized spacial score (nSPS) is 11.3. The zero-order valence-corrected chi connectivity index (χ0v) is 18.2. The van der Waals surface area contributed by atoms with Crippen LogP contribution in [0.5, 0.6) is 5.75 Å². The minimum atomic E-state index is -0.493. The third-order valence-corrected chi connectivity index (χ3v) is 5.60. The molecule has 0 aromatic heterocycles. The van der Waals surface area contributed by atoms with Crippen molar-refractivity contribution in [3.8, 4) is 5.75 Å². The van der Waals surface area contributed by atoms with Crippen molar-refractivity contribution in [3.63, 3.8) is 0 Å². The van der Waals surface area contributed by atoms with Gasteiger partial charge in [-0.3, -0.25) is 19.7 Å². The maximum atomic E-state index is 12.4. The highest BCUT2D eigenvalue weighted by Crippen LogP contribution is 2.26. The second-order valence-corrected chi connectivity index (χ2v) is 8.17. The number of amides is 2. The number of methoxy groups -OCH3 is 1. The third-order valence-electron chi connectivity index (χ3n) is 4.49. The molecular formula is C23H21N3O5S. The van der Waals surface area contributed by atoms with E-state index in [4.69, 9.17) is 4.74 Å². The highest BCUT2D eigenvalue weighted by atomic mass is 32.2. The number of benzene rings is 3. The highest BCUT2D eigenvalue weighted by Gasteiger charge is 2.15. The van der Waals surface area contributed by atoms with Crippen molar-refractivity contribution < 1.29 is 19.2 Å². The molecule has 0 fully saturated rings. The monoisotopic (exact) mass is 451 g/mol. The predicted octanol–water partition coefficient (Wildman–Crippen LogP) is 4.98. The Balaban J connectivity index is 1.54. The molecule has 3 aromatic carbocycles. The first-order valence-corrected chi connectivity index (χ1v) is 10.5. The number of carbonyl (C=O) groups excluding carboxylic acids is 2. The molecule has 164 valence electrons. The molecule has 8 nitrogen and oxygen atoms in total. The van der Waals surface area contributed by atoms with E-state index in [9.17, 15) is 19.7 Å². The van der Waals surface area contributed by atoms with Crippen LogP contribution in [0.25, 0.3) is 0 Å². The molecule has 0 heterocycles. The summed E-state index contributed by atoms with van der Waals surface area (Å²) >= 11 is 1.36. The van der Waals surface area contributed by atoms with Gasteiger partial charge in [0.25, 0.3) is 11.6 Å². The number of ether oxygens (including phenoxy) is 1. The van der Waals surface area contributed by atoms with Crippen molar-refractivity contribution in [2.75, 3.05) is 17.7 Å². The van der Waals surface area contributed by atoms with Crippen LogP contribution in [0.3, 0.4) is 0 Å². The van der Waals surface area contributed by atoms with E-state index in [1.807, 2.05) is 12.1 Å². The van der Waals surface area contributed by atoms with Crippen molar-refractivity contribution in [1.82, 2.24) is 0 Å². The van der Waals surface area contributed by atoms with Gasteiger partial charge < -0.3 is 15.4 Å². The number of thioether (sulfide) groups is 1. The van der Waals surface area contributed by atoms with Gasteiger partial charge in [0.2, 0.25) is 5.91 Å². The highest BCUT2D eigenvalue weighted by molar-refractivity contribution is 8.00. The van der Waals surface area contributed by atoms with Gasteiger partial charge in [0.1, 0.15) is 5.75 Å². The topological polar surface area (TPSA) is 111 Å². The van der Waals surface area contributed by atoms with Crippen LogP contribution in [-0.2, 0) is 4.79 Å². The molecule has 0 saturated carbocycles. The van der Waals surface area contributed by atoms with Crippen molar-refractivity contribution in [2.24, 2.45) is 0 Å². The summed E-state index contributed by atoms with van der Waals surface area (Å²) in [6, 6.07) is 19.7. The van der Waals surface area contributed by atoms with Crippen LogP contribution in [0, 0.1) is 10.1 Å². The second kappa shape index (κ2) is 10.5. The first kappa shape index (κ1) is 22.8. The molecule has 0 radical (unpaired) electrons. The number of hydrogen-bond acceptors (Lipinski definition) is 6. The largest absolute Gasteiger partial charge is 0.497 e. The van der Waals surface area contributed by atoms with Crippen LogP contribution in [0.1, 0.15) is 17.3 Å². The molecule has 32 heavy (non-hydrogen) atoms. The number of nitro groups is 1. The number of anilines is 2. The first-order chi connectivity index (χ1) is 15.4. The lowest BCUT2D eigenvalue weighted by molar-refractivity contribution is -0.384. The molecule has 0 bridgehead atoms. The number of nitro benzene ring substituents is 1. The van der Waals surface area contributed by atoms with Gasteiger partial charge in [0, 0.05) is 34.0 Å². The van der Waals surface area contributed by atoms with Crippen molar-refractivity contribution >= 4 is 40.6 Å². The summed E-state index contributed by atoms with van der Waals surface area (Å²) in [5.41, 5.74) is 1.60. The quantitative estimate of drug-likeness (QED) is 0.284. The van der Waals surface area contributed by atoms with Gasteiger partial charge in [-0.1, -0.05) is 0 Å². The van der Waals surface area contributed by atoms with Gasteiger partial charge in [-0.05, 0) is 67.6 Å². The van der Waals surface area contributed by atoms with E-state index in [1.165, 1.54) is 36.0 Å². The summed E-state index contributed by atoms with van der Waals surface area (Å²) in [4.78, 5) is 35.8. The predicted molar refractivity (Wildman–Crippen MR) is 124 cm³/mol. The lowest BCUT2D eigenvalue weighted by atomic mass is 10.2. The summed E-state index contributed by atoms with van der Waals surface area (Å²) in [5, 5.41) is 15.9. The molecular weight excluding hydrogens is 430 g/mol. The number of nitrogens with zero attached hydrogens (tertiary/aromatic N) is 1. The summed E-state index contributed by atoms with van der Waals surface area (Å²) < 4.78 is 5.09. The zero-order valence-electron chi connectivity index (χ0n) is 17.4. The molecule has 9 heteroatoms. The lowest BCUT2D eigenvalue weighted by Gasteiger charge is -2.12. The summed E-state index contributed by atoms with van der Waals surface area (Å²) in [5.74, 6) is 0.222. The molecule has 1 atom stereocenters. The molecule has 1 unspecified atom stereocenters. The zero-order chi connectivity index (χ0) is 23.1. The van der Waals surface area contributed by atoms with E-state index in [-0.39, 0.29) is 17.5 Å².